The molecular formula is C21H25N5O. The van der Waals surface area contributed by atoms with Gasteiger partial charge in [-0.2, -0.15) is 0 Å². The molecule has 0 atom stereocenters. The Morgan fingerprint density at radius 2 is 1.96 bits per heavy atom. The molecule has 1 saturated heterocycles. The number of benzene rings is 1. The maximum Gasteiger partial charge on any atom is 0.251 e. The first-order chi connectivity index (χ1) is 13.2. The highest BCUT2D eigenvalue weighted by atomic mass is 16.1. The molecule has 3 aromatic rings. The zero-order valence-electron chi connectivity index (χ0n) is 15.6. The number of anilines is 1. The van der Waals surface area contributed by atoms with Crippen LogP contribution in [0, 0.1) is 0 Å². The van der Waals surface area contributed by atoms with Crippen LogP contribution in [0.2, 0.25) is 0 Å². The molecule has 4 rings (SSSR count). The fraction of sp³-hybridized carbons (Fsp3) is 0.381. The molecule has 0 radical (unpaired) electrons. The van der Waals surface area contributed by atoms with E-state index >= 15 is 0 Å². The van der Waals surface area contributed by atoms with Crippen LogP contribution in [-0.2, 0) is 13.0 Å². The number of hydrogen-bond donors (Lipinski definition) is 2. The number of rotatable bonds is 5. The maximum atomic E-state index is 12.0. The molecular weight excluding hydrogens is 338 g/mol. The minimum Gasteiger partial charge on any atom is -0.341 e. The number of hydrogen-bond acceptors (Lipinski definition) is 5. The van der Waals surface area contributed by atoms with Crippen LogP contribution < -0.4 is 15.8 Å². The standard InChI is InChI=1S/C21H25N5O/c1-2-16-13-17-5-4-15(12-19(17)25-20(16)27)14-24-18-6-10-26(11-7-18)21-22-8-3-9-23-21/h3-5,8-9,12-13,18,24H,2,6-7,10-11,14H2,1H3,(H,25,27). The van der Waals surface area contributed by atoms with Gasteiger partial charge in [-0.05, 0) is 48.4 Å². The lowest BCUT2D eigenvalue weighted by Gasteiger charge is -2.32. The zero-order chi connectivity index (χ0) is 18.6. The van der Waals surface area contributed by atoms with Gasteiger partial charge in [-0.15, -0.1) is 0 Å². The van der Waals surface area contributed by atoms with Crippen LogP contribution in [0.15, 0.2) is 47.5 Å². The van der Waals surface area contributed by atoms with Crippen LogP contribution in [0.1, 0.15) is 30.9 Å². The molecule has 0 amide bonds. The van der Waals surface area contributed by atoms with Gasteiger partial charge in [-0.25, -0.2) is 9.97 Å². The SMILES string of the molecule is CCc1cc2ccc(CNC3CCN(c4ncccn4)CC3)cc2[nH]c1=O. The van der Waals surface area contributed by atoms with Gasteiger partial charge in [-0.3, -0.25) is 4.79 Å². The number of aryl methyl sites for hydroxylation is 1. The Morgan fingerprint density at radius 1 is 1.19 bits per heavy atom. The second-order valence-corrected chi connectivity index (χ2v) is 7.09. The topological polar surface area (TPSA) is 73.9 Å². The molecule has 2 N–H and O–H groups in total. The number of H-pyrrole nitrogens is 1. The van der Waals surface area contributed by atoms with E-state index in [1.807, 2.05) is 19.1 Å². The average molecular weight is 363 g/mol. The number of pyridine rings is 1. The Balaban J connectivity index is 1.36. The van der Waals surface area contributed by atoms with Gasteiger partial charge in [0, 0.05) is 49.1 Å². The molecule has 0 bridgehead atoms. The summed E-state index contributed by atoms with van der Waals surface area (Å²) in [6.07, 6.45) is 6.48. The number of nitrogens with zero attached hydrogens (tertiary/aromatic N) is 3. The van der Waals surface area contributed by atoms with Crippen molar-refractivity contribution < 1.29 is 0 Å². The summed E-state index contributed by atoms with van der Waals surface area (Å²) in [5, 5.41) is 4.74. The molecule has 140 valence electrons. The van der Waals surface area contributed by atoms with Gasteiger partial charge >= 0.3 is 0 Å². The van der Waals surface area contributed by atoms with Crippen LogP contribution in [0.3, 0.4) is 0 Å². The predicted octanol–water partition coefficient (Wildman–Crippen LogP) is 2.64. The lowest BCUT2D eigenvalue weighted by molar-refractivity contribution is 0.411. The molecule has 0 saturated carbocycles. The third-order valence-corrected chi connectivity index (χ3v) is 5.29. The monoisotopic (exact) mass is 363 g/mol. The van der Waals surface area contributed by atoms with Crippen molar-refractivity contribution in [2.45, 2.75) is 38.8 Å². The van der Waals surface area contributed by atoms with E-state index in [0.717, 1.165) is 61.3 Å². The molecule has 27 heavy (non-hydrogen) atoms. The third kappa shape index (κ3) is 4.01. The largest absolute Gasteiger partial charge is 0.341 e. The van der Waals surface area contributed by atoms with E-state index in [4.69, 9.17) is 0 Å². The summed E-state index contributed by atoms with van der Waals surface area (Å²) >= 11 is 0. The van der Waals surface area contributed by atoms with E-state index in [-0.39, 0.29) is 5.56 Å². The van der Waals surface area contributed by atoms with Crippen molar-refractivity contribution in [3.05, 3.63) is 64.2 Å². The Morgan fingerprint density at radius 3 is 2.70 bits per heavy atom. The van der Waals surface area contributed by atoms with Gasteiger partial charge in [0.1, 0.15) is 0 Å². The number of aromatic amines is 1. The predicted molar refractivity (Wildman–Crippen MR) is 108 cm³/mol. The zero-order valence-corrected chi connectivity index (χ0v) is 15.6. The van der Waals surface area contributed by atoms with Crippen LogP contribution in [0.4, 0.5) is 5.95 Å². The Kier molecular flexibility index (Phi) is 5.16. The summed E-state index contributed by atoms with van der Waals surface area (Å²) in [5.74, 6) is 0.820. The minimum absolute atomic E-state index is 0.0191. The first-order valence-electron chi connectivity index (χ1n) is 9.63. The number of aromatic nitrogens is 3. The first kappa shape index (κ1) is 17.7. The normalized spacial score (nSPS) is 15.4. The Bertz CT molecular complexity index is 961. The van der Waals surface area contributed by atoms with Crippen molar-refractivity contribution in [1.82, 2.24) is 20.3 Å². The minimum atomic E-state index is 0.0191. The maximum absolute atomic E-state index is 12.0. The van der Waals surface area contributed by atoms with Crippen LogP contribution in [-0.4, -0.2) is 34.1 Å². The molecule has 6 nitrogen and oxygen atoms in total. The van der Waals surface area contributed by atoms with E-state index in [1.54, 1.807) is 12.4 Å². The highest BCUT2D eigenvalue weighted by Gasteiger charge is 2.20. The van der Waals surface area contributed by atoms with E-state index in [9.17, 15) is 4.79 Å². The highest BCUT2D eigenvalue weighted by Crippen LogP contribution is 2.17. The molecule has 2 aromatic heterocycles. The van der Waals surface area contributed by atoms with Gasteiger partial charge in [0.25, 0.3) is 5.56 Å². The summed E-state index contributed by atoms with van der Waals surface area (Å²) in [7, 11) is 0. The molecule has 0 spiro atoms. The summed E-state index contributed by atoms with van der Waals surface area (Å²) < 4.78 is 0. The summed E-state index contributed by atoms with van der Waals surface area (Å²) in [6, 6.07) is 10.6. The number of piperidine rings is 1. The van der Waals surface area contributed by atoms with Gasteiger partial charge in [0.05, 0.1) is 0 Å². The van der Waals surface area contributed by atoms with E-state index in [2.05, 4.69) is 43.4 Å². The number of nitrogens with one attached hydrogen (secondary N) is 2. The van der Waals surface area contributed by atoms with E-state index < -0.39 is 0 Å². The molecule has 6 heteroatoms. The molecule has 0 aliphatic carbocycles. The van der Waals surface area contributed by atoms with Crippen molar-refractivity contribution in [3.63, 3.8) is 0 Å². The lowest BCUT2D eigenvalue weighted by atomic mass is 10.0. The van der Waals surface area contributed by atoms with Gasteiger partial charge in [0.2, 0.25) is 5.95 Å². The van der Waals surface area contributed by atoms with Gasteiger partial charge < -0.3 is 15.2 Å². The second-order valence-electron chi connectivity index (χ2n) is 7.09. The van der Waals surface area contributed by atoms with Gasteiger partial charge in [0.15, 0.2) is 0 Å². The Hall–Kier alpha value is -2.73. The summed E-state index contributed by atoms with van der Waals surface area (Å²) in [6.45, 7) is 4.74. The Labute approximate surface area is 158 Å². The molecule has 3 heterocycles. The van der Waals surface area contributed by atoms with Crippen molar-refractivity contribution in [1.29, 1.82) is 0 Å². The fourth-order valence-electron chi connectivity index (χ4n) is 3.67. The summed E-state index contributed by atoms with van der Waals surface area (Å²) in [5.41, 5.74) is 2.96. The molecule has 0 unspecified atom stereocenters. The lowest BCUT2D eigenvalue weighted by Crippen LogP contribution is -2.42. The van der Waals surface area contributed by atoms with Crippen LogP contribution in [0.5, 0.6) is 0 Å². The quantitative estimate of drug-likeness (QED) is 0.729. The highest BCUT2D eigenvalue weighted by molar-refractivity contribution is 5.79. The molecule has 1 aromatic carbocycles. The second kappa shape index (κ2) is 7.88. The smallest absolute Gasteiger partial charge is 0.251 e. The van der Waals surface area contributed by atoms with E-state index in [1.165, 1.54) is 5.56 Å². The van der Waals surface area contributed by atoms with Crippen molar-refractivity contribution in [2.24, 2.45) is 0 Å². The first-order valence-corrected chi connectivity index (χ1v) is 9.63. The molecule has 1 fully saturated rings. The van der Waals surface area contributed by atoms with Crippen molar-refractivity contribution >= 4 is 16.9 Å². The van der Waals surface area contributed by atoms with Crippen LogP contribution in [0.25, 0.3) is 10.9 Å². The third-order valence-electron chi connectivity index (χ3n) is 5.29. The average Bonchev–Trinajstić information content (AvgIpc) is 2.72. The van der Waals surface area contributed by atoms with Crippen molar-refractivity contribution in [3.8, 4) is 0 Å². The molecule has 1 aliphatic rings. The van der Waals surface area contributed by atoms with Gasteiger partial charge in [-0.1, -0.05) is 19.1 Å². The van der Waals surface area contributed by atoms with Crippen LogP contribution >= 0.6 is 0 Å². The summed E-state index contributed by atoms with van der Waals surface area (Å²) in [4.78, 5) is 26.0. The van der Waals surface area contributed by atoms with Crippen molar-refractivity contribution in [2.75, 3.05) is 18.0 Å². The van der Waals surface area contributed by atoms with E-state index in [0.29, 0.717) is 6.04 Å². The molecule has 1 aliphatic heterocycles. The number of fused-ring (bicyclic) bond motifs is 1. The fourth-order valence-corrected chi connectivity index (χ4v) is 3.67.